The van der Waals surface area contributed by atoms with Crippen molar-refractivity contribution in [3.05, 3.63) is 55.6 Å². The van der Waals surface area contributed by atoms with Crippen LogP contribution >= 0.6 is 34.2 Å². The highest BCUT2D eigenvalue weighted by molar-refractivity contribution is 14.1. The van der Waals surface area contributed by atoms with Crippen LogP contribution in [0.5, 0.6) is 11.5 Å². The zero-order valence-electron chi connectivity index (χ0n) is 11.4. The molecule has 0 aromatic heterocycles. The van der Waals surface area contributed by atoms with E-state index in [1.165, 1.54) is 0 Å². The molecule has 0 spiro atoms. The molecule has 1 heterocycles. The molecule has 0 saturated heterocycles. The van der Waals surface area contributed by atoms with Gasteiger partial charge >= 0.3 is 0 Å². The van der Waals surface area contributed by atoms with Gasteiger partial charge in [0.2, 0.25) is 0 Å². The molecule has 110 valence electrons. The van der Waals surface area contributed by atoms with E-state index < -0.39 is 6.10 Å². The molecule has 0 fully saturated rings. The van der Waals surface area contributed by atoms with Gasteiger partial charge < -0.3 is 14.6 Å². The maximum absolute atomic E-state index is 10.7. The van der Waals surface area contributed by atoms with Crippen LogP contribution in [0, 0.1) is 10.5 Å². The molecule has 0 aliphatic carbocycles. The van der Waals surface area contributed by atoms with Gasteiger partial charge in [0.1, 0.15) is 19.3 Å². The SMILES string of the molecule is Cc1cccc(C(O)c2cc3c(cc2Cl)OCCO3)c1I. The smallest absolute Gasteiger partial charge is 0.162 e. The summed E-state index contributed by atoms with van der Waals surface area (Å²) in [7, 11) is 0. The molecule has 0 radical (unpaired) electrons. The highest BCUT2D eigenvalue weighted by atomic mass is 127. The van der Waals surface area contributed by atoms with Crippen molar-refractivity contribution >= 4 is 34.2 Å². The Kier molecular flexibility index (Phi) is 4.28. The Labute approximate surface area is 142 Å². The van der Waals surface area contributed by atoms with Crippen molar-refractivity contribution in [1.82, 2.24) is 0 Å². The molecule has 3 rings (SSSR count). The van der Waals surface area contributed by atoms with E-state index in [9.17, 15) is 5.11 Å². The van der Waals surface area contributed by atoms with Crippen LogP contribution in [0.3, 0.4) is 0 Å². The lowest BCUT2D eigenvalue weighted by Crippen LogP contribution is -2.16. The summed E-state index contributed by atoms with van der Waals surface area (Å²) in [5, 5.41) is 11.2. The second-order valence-corrected chi connectivity index (χ2v) is 6.38. The van der Waals surface area contributed by atoms with Gasteiger partial charge in [-0.2, -0.15) is 0 Å². The molecule has 1 aliphatic rings. The third kappa shape index (κ3) is 2.84. The number of benzene rings is 2. The molecule has 2 aromatic carbocycles. The van der Waals surface area contributed by atoms with E-state index >= 15 is 0 Å². The third-order valence-electron chi connectivity index (χ3n) is 3.47. The van der Waals surface area contributed by atoms with Crippen LogP contribution in [-0.4, -0.2) is 18.3 Å². The van der Waals surface area contributed by atoms with Crippen molar-refractivity contribution < 1.29 is 14.6 Å². The van der Waals surface area contributed by atoms with E-state index in [0.717, 1.165) is 14.7 Å². The van der Waals surface area contributed by atoms with Gasteiger partial charge in [-0.05, 0) is 46.7 Å². The predicted octanol–water partition coefficient (Wildman–Crippen LogP) is 4.11. The standard InChI is InChI=1S/C16H14ClIO3/c1-9-3-2-4-10(15(9)18)16(19)11-7-13-14(8-12(11)17)21-6-5-20-13/h2-4,7-8,16,19H,5-6H2,1H3. The topological polar surface area (TPSA) is 38.7 Å². The maximum atomic E-state index is 10.7. The quantitative estimate of drug-likeness (QED) is 0.749. The van der Waals surface area contributed by atoms with Gasteiger partial charge in [0.25, 0.3) is 0 Å². The van der Waals surface area contributed by atoms with E-state index in [-0.39, 0.29) is 0 Å². The number of aryl methyl sites for hydroxylation is 1. The van der Waals surface area contributed by atoms with Crippen molar-refractivity contribution in [3.63, 3.8) is 0 Å². The van der Waals surface area contributed by atoms with E-state index in [1.54, 1.807) is 12.1 Å². The second kappa shape index (κ2) is 6.02. The molecule has 0 bridgehead atoms. The van der Waals surface area contributed by atoms with Crippen molar-refractivity contribution in [2.75, 3.05) is 13.2 Å². The van der Waals surface area contributed by atoms with Gasteiger partial charge in [-0.1, -0.05) is 29.8 Å². The number of hydrogen-bond donors (Lipinski definition) is 1. The summed E-state index contributed by atoms with van der Waals surface area (Å²) in [5.74, 6) is 1.25. The number of rotatable bonds is 2. The average molecular weight is 417 g/mol. The second-order valence-electron chi connectivity index (χ2n) is 4.90. The monoisotopic (exact) mass is 416 g/mol. The molecule has 5 heteroatoms. The summed E-state index contributed by atoms with van der Waals surface area (Å²) >= 11 is 8.54. The van der Waals surface area contributed by atoms with Crippen molar-refractivity contribution in [3.8, 4) is 11.5 Å². The van der Waals surface area contributed by atoms with E-state index in [0.29, 0.717) is 35.3 Å². The normalized spacial score (nSPS) is 14.9. The first-order chi connectivity index (χ1) is 10.1. The van der Waals surface area contributed by atoms with E-state index in [2.05, 4.69) is 22.6 Å². The van der Waals surface area contributed by atoms with Crippen LogP contribution < -0.4 is 9.47 Å². The number of aliphatic hydroxyl groups is 1. The lowest BCUT2D eigenvalue weighted by molar-refractivity contribution is 0.169. The van der Waals surface area contributed by atoms with Crippen LogP contribution in [0.2, 0.25) is 5.02 Å². The molecule has 1 aliphatic heterocycles. The van der Waals surface area contributed by atoms with Gasteiger partial charge in [0, 0.05) is 15.2 Å². The molecule has 1 N–H and O–H groups in total. The molecule has 1 unspecified atom stereocenters. The van der Waals surface area contributed by atoms with E-state index in [4.69, 9.17) is 21.1 Å². The molecular weight excluding hydrogens is 403 g/mol. The Morgan fingerprint density at radius 1 is 1.14 bits per heavy atom. The Bertz CT molecular complexity index is 687. The summed E-state index contributed by atoms with van der Waals surface area (Å²) in [5.41, 5.74) is 2.60. The summed E-state index contributed by atoms with van der Waals surface area (Å²) < 4.78 is 12.1. The summed E-state index contributed by atoms with van der Waals surface area (Å²) in [4.78, 5) is 0. The third-order valence-corrected chi connectivity index (χ3v) is 5.27. The first-order valence-corrected chi connectivity index (χ1v) is 8.05. The summed E-state index contributed by atoms with van der Waals surface area (Å²) in [6.07, 6.45) is -0.792. The first kappa shape index (κ1) is 14.9. The maximum Gasteiger partial charge on any atom is 0.162 e. The molecule has 1 atom stereocenters. The minimum absolute atomic E-state index is 0.476. The van der Waals surface area contributed by atoms with Gasteiger partial charge in [-0.3, -0.25) is 0 Å². The van der Waals surface area contributed by atoms with Gasteiger partial charge in [-0.25, -0.2) is 0 Å². The van der Waals surface area contributed by atoms with Crippen molar-refractivity contribution in [2.45, 2.75) is 13.0 Å². The highest BCUT2D eigenvalue weighted by Crippen LogP contribution is 2.40. The summed E-state index contributed by atoms with van der Waals surface area (Å²) in [6.45, 7) is 3.04. The van der Waals surface area contributed by atoms with Crippen molar-refractivity contribution in [1.29, 1.82) is 0 Å². The molecular formula is C16H14ClIO3. The van der Waals surface area contributed by atoms with Crippen LogP contribution in [0.25, 0.3) is 0 Å². The van der Waals surface area contributed by atoms with E-state index in [1.807, 2.05) is 25.1 Å². The largest absolute Gasteiger partial charge is 0.486 e. The predicted molar refractivity (Wildman–Crippen MR) is 90.4 cm³/mol. The molecule has 3 nitrogen and oxygen atoms in total. The molecule has 0 amide bonds. The lowest BCUT2D eigenvalue weighted by Gasteiger charge is -2.22. The van der Waals surface area contributed by atoms with Gasteiger partial charge in [0.05, 0.1) is 5.02 Å². The Morgan fingerprint density at radius 3 is 2.52 bits per heavy atom. The van der Waals surface area contributed by atoms with Gasteiger partial charge in [0.15, 0.2) is 11.5 Å². The van der Waals surface area contributed by atoms with Crippen LogP contribution in [0.4, 0.5) is 0 Å². The Morgan fingerprint density at radius 2 is 1.81 bits per heavy atom. The summed E-state index contributed by atoms with van der Waals surface area (Å²) in [6, 6.07) is 9.33. The average Bonchev–Trinajstić information content (AvgIpc) is 2.48. The van der Waals surface area contributed by atoms with Crippen LogP contribution in [0.1, 0.15) is 22.8 Å². The molecule has 2 aromatic rings. The fourth-order valence-corrected chi connectivity index (χ4v) is 3.25. The number of aliphatic hydroxyl groups excluding tert-OH is 1. The molecule has 0 saturated carbocycles. The van der Waals surface area contributed by atoms with Gasteiger partial charge in [-0.15, -0.1) is 0 Å². The lowest BCUT2D eigenvalue weighted by atomic mass is 9.99. The van der Waals surface area contributed by atoms with Crippen LogP contribution in [-0.2, 0) is 0 Å². The zero-order chi connectivity index (χ0) is 15.0. The highest BCUT2D eigenvalue weighted by Gasteiger charge is 2.22. The fraction of sp³-hybridized carbons (Fsp3) is 0.250. The number of ether oxygens (including phenoxy) is 2. The first-order valence-electron chi connectivity index (χ1n) is 6.60. The zero-order valence-corrected chi connectivity index (χ0v) is 14.3. The van der Waals surface area contributed by atoms with Crippen molar-refractivity contribution in [2.24, 2.45) is 0 Å². The number of halogens is 2. The number of fused-ring (bicyclic) bond motifs is 1. The minimum atomic E-state index is -0.792. The Hall–Kier alpha value is -0.980. The van der Waals surface area contributed by atoms with Crippen LogP contribution in [0.15, 0.2) is 30.3 Å². The molecule has 21 heavy (non-hydrogen) atoms. The fourth-order valence-electron chi connectivity index (χ4n) is 2.34. The number of hydrogen-bond acceptors (Lipinski definition) is 3. The minimum Gasteiger partial charge on any atom is -0.486 e. The Balaban J connectivity index is 2.05.